The number of aromatic amines is 1. The lowest BCUT2D eigenvalue weighted by atomic mass is 10.0. The van der Waals surface area contributed by atoms with Crippen molar-refractivity contribution in [3.8, 4) is 11.1 Å². The van der Waals surface area contributed by atoms with E-state index in [1.54, 1.807) is 24.5 Å². The van der Waals surface area contributed by atoms with Crippen LogP contribution in [0.15, 0.2) is 53.7 Å². The number of fused-ring (bicyclic) bond motifs is 1. The number of pyridine rings is 1. The Hall–Kier alpha value is -2.27. The molecule has 10 heteroatoms. The van der Waals surface area contributed by atoms with Crippen LogP contribution in [-0.2, 0) is 20.0 Å². The number of sulfonamides is 2. The van der Waals surface area contributed by atoms with Gasteiger partial charge in [-0.15, -0.1) is 0 Å². The fraction of sp³-hybridized carbons (Fsp3) is 0.278. The van der Waals surface area contributed by atoms with E-state index in [0.717, 1.165) is 22.2 Å². The summed E-state index contributed by atoms with van der Waals surface area (Å²) in [5.41, 5.74) is 2.60. The van der Waals surface area contributed by atoms with Crippen LogP contribution in [0.4, 0.5) is 0 Å². The van der Waals surface area contributed by atoms with Gasteiger partial charge in [0.2, 0.25) is 20.0 Å². The number of hydrogen-bond donors (Lipinski definition) is 3. The van der Waals surface area contributed by atoms with Crippen LogP contribution in [0.25, 0.3) is 22.2 Å². The SMILES string of the molecule is O=S(=O)(NCCNS(=O)(=O)C1CC1)c1ccc(-c2ccnc3[nH]ccc23)cc1. The molecule has 1 aliphatic rings. The summed E-state index contributed by atoms with van der Waals surface area (Å²) in [7, 11) is -7.03. The fourth-order valence-electron chi connectivity index (χ4n) is 2.98. The van der Waals surface area contributed by atoms with E-state index in [1.165, 1.54) is 12.1 Å². The number of nitrogens with one attached hydrogen (secondary N) is 3. The van der Waals surface area contributed by atoms with Crippen molar-refractivity contribution in [2.45, 2.75) is 23.0 Å². The van der Waals surface area contributed by atoms with Crippen LogP contribution >= 0.6 is 0 Å². The first-order valence-electron chi connectivity index (χ1n) is 8.87. The maximum absolute atomic E-state index is 12.4. The molecule has 1 fully saturated rings. The predicted octanol–water partition coefficient (Wildman–Crippen LogP) is 1.59. The summed E-state index contributed by atoms with van der Waals surface area (Å²) in [4.78, 5) is 7.42. The zero-order valence-corrected chi connectivity index (χ0v) is 16.6. The Kier molecular flexibility index (Phi) is 4.96. The molecule has 0 unspecified atom stereocenters. The third kappa shape index (κ3) is 3.95. The summed E-state index contributed by atoms with van der Waals surface area (Å²) in [6.07, 6.45) is 4.84. The van der Waals surface area contributed by atoms with Gasteiger partial charge < -0.3 is 4.98 Å². The Morgan fingerprint density at radius 3 is 2.39 bits per heavy atom. The summed E-state index contributed by atoms with van der Waals surface area (Å²) >= 11 is 0. The fourth-order valence-corrected chi connectivity index (χ4v) is 5.40. The highest BCUT2D eigenvalue weighted by Gasteiger charge is 2.35. The lowest BCUT2D eigenvalue weighted by Crippen LogP contribution is -2.36. The molecule has 0 amide bonds. The highest BCUT2D eigenvalue weighted by atomic mass is 32.2. The second-order valence-electron chi connectivity index (χ2n) is 6.66. The van der Waals surface area contributed by atoms with E-state index in [4.69, 9.17) is 0 Å². The van der Waals surface area contributed by atoms with Gasteiger partial charge in [-0.1, -0.05) is 12.1 Å². The highest BCUT2D eigenvalue weighted by Crippen LogP contribution is 2.28. The monoisotopic (exact) mass is 420 g/mol. The van der Waals surface area contributed by atoms with Gasteiger partial charge in [0.05, 0.1) is 10.1 Å². The predicted molar refractivity (Wildman–Crippen MR) is 107 cm³/mol. The van der Waals surface area contributed by atoms with Crippen LogP contribution in [0.2, 0.25) is 0 Å². The van der Waals surface area contributed by atoms with Gasteiger partial charge in [-0.3, -0.25) is 0 Å². The molecule has 28 heavy (non-hydrogen) atoms. The largest absolute Gasteiger partial charge is 0.346 e. The first kappa shape index (κ1) is 19.1. The summed E-state index contributed by atoms with van der Waals surface area (Å²) < 4.78 is 53.2. The van der Waals surface area contributed by atoms with Gasteiger partial charge in [0, 0.05) is 30.9 Å². The second kappa shape index (κ2) is 7.28. The van der Waals surface area contributed by atoms with Crippen LogP contribution in [0.5, 0.6) is 0 Å². The molecule has 2 aromatic heterocycles. The maximum Gasteiger partial charge on any atom is 0.240 e. The molecule has 4 rings (SSSR count). The third-order valence-electron chi connectivity index (χ3n) is 4.62. The quantitative estimate of drug-likeness (QED) is 0.478. The maximum atomic E-state index is 12.4. The van der Waals surface area contributed by atoms with Gasteiger partial charge in [-0.2, -0.15) is 0 Å². The first-order valence-corrected chi connectivity index (χ1v) is 11.9. The zero-order valence-electron chi connectivity index (χ0n) is 14.9. The third-order valence-corrected chi connectivity index (χ3v) is 8.05. The van der Waals surface area contributed by atoms with Gasteiger partial charge >= 0.3 is 0 Å². The number of nitrogens with zero attached hydrogens (tertiary/aromatic N) is 1. The minimum Gasteiger partial charge on any atom is -0.346 e. The van der Waals surface area contributed by atoms with E-state index < -0.39 is 20.0 Å². The van der Waals surface area contributed by atoms with E-state index in [1.807, 2.05) is 12.1 Å². The van der Waals surface area contributed by atoms with Gasteiger partial charge in [-0.25, -0.2) is 31.3 Å². The topological polar surface area (TPSA) is 121 Å². The summed E-state index contributed by atoms with van der Waals surface area (Å²) in [5, 5.41) is 0.635. The summed E-state index contributed by atoms with van der Waals surface area (Å²) in [6.45, 7) is 0.0169. The lowest BCUT2D eigenvalue weighted by molar-refractivity contribution is 0.570. The van der Waals surface area contributed by atoms with Crippen molar-refractivity contribution in [2.75, 3.05) is 13.1 Å². The average molecular weight is 421 g/mol. The smallest absolute Gasteiger partial charge is 0.240 e. The van der Waals surface area contributed by atoms with Gasteiger partial charge in [0.25, 0.3) is 0 Å². The molecule has 0 saturated heterocycles. The second-order valence-corrected chi connectivity index (χ2v) is 10.5. The van der Waals surface area contributed by atoms with Crippen molar-refractivity contribution >= 4 is 31.1 Å². The molecule has 1 aromatic carbocycles. The van der Waals surface area contributed by atoms with Crippen LogP contribution in [0, 0.1) is 0 Å². The Morgan fingerprint density at radius 2 is 1.68 bits per heavy atom. The minimum atomic E-state index is -3.72. The summed E-state index contributed by atoms with van der Waals surface area (Å²) in [5.74, 6) is 0. The molecule has 148 valence electrons. The average Bonchev–Trinajstić information content (AvgIpc) is 3.44. The van der Waals surface area contributed by atoms with Crippen molar-refractivity contribution in [3.05, 3.63) is 48.8 Å². The highest BCUT2D eigenvalue weighted by molar-refractivity contribution is 7.90. The van der Waals surface area contributed by atoms with Gasteiger partial charge in [0.1, 0.15) is 5.65 Å². The molecule has 1 aliphatic carbocycles. The minimum absolute atomic E-state index is 0.00956. The molecule has 0 spiro atoms. The van der Waals surface area contributed by atoms with Crippen LogP contribution in [-0.4, -0.2) is 45.1 Å². The molecule has 2 heterocycles. The van der Waals surface area contributed by atoms with Crippen molar-refractivity contribution in [1.29, 1.82) is 0 Å². The number of H-pyrrole nitrogens is 1. The Bertz CT molecular complexity index is 1200. The van der Waals surface area contributed by atoms with E-state index in [0.29, 0.717) is 12.8 Å². The summed E-state index contributed by atoms with van der Waals surface area (Å²) in [6, 6.07) is 10.4. The van der Waals surface area contributed by atoms with E-state index in [-0.39, 0.29) is 23.2 Å². The van der Waals surface area contributed by atoms with E-state index >= 15 is 0 Å². The molecule has 8 nitrogen and oxygen atoms in total. The van der Waals surface area contributed by atoms with E-state index in [9.17, 15) is 16.8 Å². The van der Waals surface area contributed by atoms with Gasteiger partial charge in [0.15, 0.2) is 0 Å². The molecule has 3 N–H and O–H groups in total. The van der Waals surface area contributed by atoms with Crippen molar-refractivity contribution in [3.63, 3.8) is 0 Å². The van der Waals surface area contributed by atoms with Crippen LogP contribution in [0.1, 0.15) is 12.8 Å². The van der Waals surface area contributed by atoms with Crippen molar-refractivity contribution < 1.29 is 16.8 Å². The zero-order chi connectivity index (χ0) is 19.8. The molecular formula is C18H20N4O4S2. The Morgan fingerprint density at radius 1 is 0.964 bits per heavy atom. The normalized spacial score (nSPS) is 15.1. The molecule has 1 saturated carbocycles. The van der Waals surface area contributed by atoms with Crippen molar-refractivity contribution in [2.24, 2.45) is 0 Å². The van der Waals surface area contributed by atoms with E-state index in [2.05, 4.69) is 19.4 Å². The molecule has 0 radical (unpaired) electrons. The molecule has 3 aromatic rings. The standard InChI is InChI=1S/C18H20N4O4S2/c23-27(24,21-11-12-22-28(25,26)15-5-6-15)14-3-1-13(2-4-14)16-7-9-19-18-17(16)8-10-20-18/h1-4,7-10,15,21-22H,5-6,11-12H2,(H,19,20). The Balaban J connectivity index is 1.43. The van der Waals surface area contributed by atoms with Gasteiger partial charge in [-0.05, 0) is 48.2 Å². The van der Waals surface area contributed by atoms with Crippen LogP contribution in [0.3, 0.4) is 0 Å². The molecule has 0 bridgehead atoms. The number of benzene rings is 1. The number of aromatic nitrogens is 2. The molecular weight excluding hydrogens is 400 g/mol. The lowest BCUT2D eigenvalue weighted by Gasteiger charge is -2.09. The van der Waals surface area contributed by atoms with Crippen LogP contribution < -0.4 is 9.44 Å². The number of rotatable bonds is 8. The van der Waals surface area contributed by atoms with Crippen molar-refractivity contribution in [1.82, 2.24) is 19.4 Å². The number of hydrogen-bond acceptors (Lipinski definition) is 5. The first-order chi connectivity index (χ1) is 13.4. The molecule has 0 atom stereocenters. The Labute approximate surface area is 163 Å². The molecule has 0 aliphatic heterocycles.